The van der Waals surface area contributed by atoms with Gasteiger partial charge in [0, 0.05) is 46.6 Å². The van der Waals surface area contributed by atoms with Crippen LogP contribution in [0.1, 0.15) is 18.6 Å². The number of aliphatic hydroxyl groups is 1. The van der Waals surface area contributed by atoms with E-state index >= 15 is 0 Å². The Morgan fingerprint density at radius 3 is 2.65 bits per heavy atom. The van der Waals surface area contributed by atoms with Crippen molar-refractivity contribution >= 4 is 16.5 Å². The number of benzene rings is 1. The van der Waals surface area contributed by atoms with Gasteiger partial charge in [-0.1, -0.05) is 0 Å². The molecule has 1 saturated heterocycles. The maximum absolute atomic E-state index is 13.2. The zero-order chi connectivity index (χ0) is 12.4. The van der Waals surface area contributed by atoms with Crippen LogP contribution in [0, 0.1) is 5.82 Å². The van der Waals surface area contributed by atoms with E-state index in [1.54, 1.807) is 13.0 Å². The van der Waals surface area contributed by atoms with Crippen molar-refractivity contribution in [3.05, 3.63) is 29.6 Å². The van der Waals surface area contributed by atoms with Crippen LogP contribution in [0.4, 0.5) is 10.1 Å². The fraction of sp³-hybridized carbons (Fsp3) is 0.500. The first-order chi connectivity index (χ1) is 8.08. The predicted octanol–water partition coefficient (Wildman–Crippen LogP) is 1.45. The van der Waals surface area contributed by atoms with Gasteiger partial charge in [0.15, 0.2) is 0 Å². The Morgan fingerprint density at radius 2 is 2.06 bits per heavy atom. The van der Waals surface area contributed by atoms with Gasteiger partial charge in [-0.3, -0.25) is 4.21 Å². The molecule has 1 N–H and O–H groups in total. The average Bonchev–Trinajstić information content (AvgIpc) is 2.30. The summed E-state index contributed by atoms with van der Waals surface area (Å²) in [5.41, 5.74) is 1.44. The zero-order valence-corrected chi connectivity index (χ0v) is 10.5. The molecule has 0 radical (unpaired) electrons. The summed E-state index contributed by atoms with van der Waals surface area (Å²) in [5.74, 6) is 0.929. The molecule has 5 heteroatoms. The topological polar surface area (TPSA) is 40.5 Å². The molecule has 0 aromatic heterocycles. The summed E-state index contributed by atoms with van der Waals surface area (Å²) in [6, 6.07) is 4.45. The maximum Gasteiger partial charge on any atom is 0.123 e. The Labute approximate surface area is 103 Å². The number of halogens is 1. The standard InChI is InChI=1S/C12H16FNO2S/c1-9(15)11-8-10(13)2-3-12(11)14-4-6-17(16)7-5-14/h2-3,8-9,15H,4-7H2,1H3/t9-/m0/s1. The number of hydrogen-bond donors (Lipinski definition) is 1. The molecule has 0 amide bonds. The van der Waals surface area contributed by atoms with Crippen LogP contribution >= 0.6 is 0 Å². The Balaban J connectivity index is 2.28. The SMILES string of the molecule is C[C@H](O)c1cc(F)ccc1N1CCS(=O)CC1. The lowest BCUT2D eigenvalue weighted by Gasteiger charge is -2.30. The first kappa shape index (κ1) is 12.5. The van der Waals surface area contributed by atoms with Crippen molar-refractivity contribution in [2.45, 2.75) is 13.0 Å². The number of aliphatic hydroxyl groups excluding tert-OH is 1. The summed E-state index contributed by atoms with van der Waals surface area (Å²) in [6.07, 6.45) is -0.701. The molecular formula is C12H16FNO2S. The van der Waals surface area contributed by atoms with Crippen LogP contribution in [0.5, 0.6) is 0 Å². The smallest absolute Gasteiger partial charge is 0.123 e. The second-order valence-corrected chi connectivity index (χ2v) is 5.91. The van der Waals surface area contributed by atoms with Gasteiger partial charge in [0.1, 0.15) is 5.82 Å². The molecule has 1 aromatic rings. The Kier molecular flexibility index (Phi) is 3.79. The van der Waals surface area contributed by atoms with Crippen LogP contribution in [-0.4, -0.2) is 33.9 Å². The van der Waals surface area contributed by atoms with Gasteiger partial charge in [0.05, 0.1) is 6.10 Å². The molecule has 1 aromatic carbocycles. The van der Waals surface area contributed by atoms with E-state index < -0.39 is 16.9 Å². The summed E-state index contributed by atoms with van der Waals surface area (Å²) in [7, 11) is -0.735. The minimum absolute atomic E-state index is 0.342. The highest BCUT2D eigenvalue weighted by atomic mass is 32.2. The van der Waals surface area contributed by atoms with Gasteiger partial charge >= 0.3 is 0 Å². The summed E-state index contributed by atoms with van der Waals surface area (Å²) in [4.78, 5) is 2.06. The van der Waals surface area contributed by atoms with Gasteiger partial charge in [-0.25, -0.2) is 4.39 Å². The van der Waals surface area contributed by atoms with Crippen LogP contribution < -0.4 is 4.90 Å². The molecule has 2 rings (SSSR count). The summed E-state index contributed by atoms with van der Waals surface area (Å²) in [6.45, 7) is 3.01. The molecule has 94 valence electrons. The summed E-state index contributed by atoms with van der Waals surface area (Å²) >= 11 is 0. The molecule has 0 spiro atoms. The van der Waals surface area contributed by atoms with Gasteiger partial charge < -0.3 is 10.0 Å². The van der Waals surface area contributed by atoms with E-state index in [-0.39, 0.29) is 5.82 Å². The number of nitrogens with zero attached hydrogens (tertiary/aromatic N) is 1. The quantitative estimate of drug-likeness (QED) is 0.871. The van der Waals surface area contributed by atoms with E-state index in [2.05, 4.69) is 4.90 Å². The minimum Gasteiger partial charge on any atom is -0.389 e. The zero-order valence-electron chi connectivity index (χ0n) is 9.73. The highest BCUT2D eigenvalue weighted by Crippen LogP contribution is 2.28. The number of anilines is 1. The molecule has 1 fully saturated rings. The van der Waals surface area contributed by atoms with Gasteiger partial charge in [0.25, 0.3) is 0 Å². The van der Waals surface area contributed by atoms with E-state index in [1.807, 2.05) is 0 Å². The molecule has 3 nitrogen and oxygen atoms in total. The molecule has 0 aliphatic carbocycles. The molecule has 0 bridgehead atoms. The highest BCUT2D eigenvalue weighted by Gasteiger charge is 2.19. The maximum atomic E-state index is 13.2. The van der Waals surface area contributed by atoms with Gasteiger partial charge in [0.2, 0.25) is 0 Å². The molecule has 0 saturated carbocycles. The fourth-order valence-corrected chi connectivity index (χ4v) is 3.08. The molecule has 1 aliphatic heterocycles. The summed E-state index contributed by atoms with van der Waals surface area (Å²) < 4.78 is 24.4. The van der Waals surface area contributed by atoms with Crippen LogP contribution in [0.3, 0.4) is 0 Å². The van der Waals surface area contributed by atoms with Gasteiger partial charge in [-0.15, -0.1) is 0 Å². The largest absolute Gasteiger partial charge is 0.389 e. The number of rotatable bonds is 2. The molecule has 1 atom stereocenters. The van der Waals surface area contributed by atoms with Crippen LogP contribution in [-0.2, 0) is 10.8 Å². The molecule has 1 aliphatic rings. The van der Waals surface area contributed by atoms with Crippen molar-refractivity contribution in [2.75, 3.05) is 29.5 Å². The second-order valence-electron chi connectivity index (χ2n) is 4.21. The van der Waals surface area contributed by atoms with E-state index in [0.717, 1.165) is 5.69 Å². The van der Waals surface area contributed by atoms with Gasteiger partial charge in [-0.2, -0.15) is 0 Å². The second kappa shape index (κ2) is 5.14. The third-order valence-corrected chi connectivity index (χ3v) is 4.23. The van der Waals surface area contributed by atoms with Crippen molar-refractivity contribution < 1.29 is 13.7 Å². The van der Waals surface area contributed by atoms with Gasteiger partial charge in [-0.05, 0) is 25.1 Å². The molecular weight excluding hydrogens is 241 g/mol. The lowest BCUT2D eigenvalue weighted by Crippen LogP contribution is -2.38. The van der Waals surface area contributed by atoms with Crippen LogP contribution in [0.15, 0.2) is 18.2 Å². The number of hydrogen-bond acceptors (Lipinski definition) is 3. The fourth-order valence-electron chi connectivity index (χ4n) is 2.03. The molecule has 1 heterocycles. The third kappa shape index (κ3) is 2.84. The van der Waals surface area contributed by atoms with E-state index in [4.69, 9.17) is 0 Å². The Hall–Kier alpha value is -0.940. The third-order valence-electron chi connectivity index (χ3n) is 2.96. The van der Waals surface area contributed by atoms with E-state index in [1.165, 1.54) is 12.1 Å². The van der Waals surface area contributed by atoms with E-state index in [9.17, 15) is 13.7 Å². The lowest BCUT2D eigenvalue weighted by molar-refractivity contribution is 0.199. The normalized spacial score (nSPS) is 19.4. The van der Waals surface area contributed by atoms with Crippen molar-refractivity contribution in [1.82, 2.24) is 0 Å². The average molecular weight is 257 g/mol. The van der Waals surface area contributed by atoms with Crippen molar-refractivity contribution in [3.8, 4) is 0 Å². The van der Waals surface area contributed by atoms with Crippen molar-refractivity contribution in [3.63, 3.8) is 0 Å². The first-order valence-corrected chi connectivity index (χ1v) is 7.14. The minimum atomic E-state index is -0.735. The van der Waals surface area contributed by atoms with Crippen molar-refractivity contribution in [2.24, 2.45) is 0 Å². The van der Waals surface area contributed by atoms with Crippen LogP contribution in [0.25, 0.3) is 0 Å². The highest BCUT2D eigenvalue weighted by molar-refractivity contribution is 7.85. The monoisotopic (exact) mass is 257 g/mol. The lowest BCUT2D eigenvalue weighted by atomic mass is 10.1. The molecule has 17 heavy (non-hydrogen) atoms. The summed E-state index contributed by atoms with van der Waals surface area (Å²) in [5, 5.41) is 9.66. The predicted molar refractivity (Wildman–Crippen MR) is 67.1 cm³/mol. The first-order valence-electron chi connectivity index (χ1n) is 5.65. The Bertz CT molecular complexity index is 427. The molecule has 0 unspecified atom stereocenters. The van der Waals surface area contributed by atoms with Crippen molar-refractivity contribution in [1.29, 1.82) is 0 Å². The van der Waals surface area contributed by atoms with E-state index in [0.29, 0.717) is 30.2 Å². The van der Waals surface area contributed by atoms with Crippen LogP contribution in [0.2, 0.25) is 0 Å². The Morgan fingerprint density at radius 1 is 1.41 bits per heavy atom.